The first-order valence-electron chi connectivity index (χ1n) is 4.98. The summed E-state index contributed by atoms with van der Waals surface area (Å²) in [4.78, 5) is 12.9. The second kappa shape index (κ2) is 3.98. The van der Waals surface area contributed by atoms with Gasteiger partial charge in [-0.3, -0.25) is 4.79 Å². The molecule has 15 heavy (non-hydrogen) atoms. The van der Waals surface area contributed by atoms with E-state index >= 15 is 0 Å². The summed E-state index contributed by atoms with van der Waals surface area (Å²) in [5.74, 6) is 0.0972. The van der Waals surface area contributed by atoms with E-state index in [0.29, 0.717) is 12.2 Å². The molecule has 1 fully saturated rings. The van der Waals surface area contributed by atoms with Crippen LogP contribution < -0.4 is 0 Å². The van der Waals surface area contributed by atoms with Crippen molar-refractivity contribution in [2.75, 3.05) is 13.1 Å². The number of hydrogen-bond acceptors (Lipinski definition) is 4. The van der Waals surface area contributed by atoms with Crippen LogP contribution in [0, 0.1) is 0 Å². The average molecular weight is 210 g/mol. The maximum absolute atomic E-state index is 11.1. The number of carbonyl (C=O) groups is 1. The summed E-state index contributed by atoms with van der Waals surface area (Å²) < 4.78 is 1.73. The number of likely N-dealkylation sites (tertiary alicyclic amines) is 1. The van der Waals surface area contributed by atoms with E-state index in [2.05, 4.69) is 10.3 Å². The quantitative estimate of drug-likeness (QED) is 0.718. The van der Waals surface area contributed by atoms with E-state index in [9.17, 15) is 4.79 Å². The summed E-state index contributed by atoms with van der Waals surface area (Å²) in [7, 11) is 0. The first-order valence-corrected chi connectivity index (χ1v) is 4.98. The van der Waals surface area contributed by atoms with Crippen molar-refractivity contribution >= 4 is 5.91 Å². The molecule has 0 saturated carbocycles. The second-order valence-electron chi connectivity index (χ2n) is 3.76. The molecule has 2 rings (SSSR count). The number of rotatable bonds is 2. The minimum Gasteiger partial charge on any atom is -0.390 e. The highest BCUT2D eigenvalue weighted by molar-refractivity contribution is 5.73. The predicted octanol–water partition coefficient (Wildman–Crippen LogP) is -0.436. The molecule has 1 amide bonds. The Morgan fingerprint density at radius 3 is 3.07 bits per heavy atom. The molecule has 0 unspecified atom stereocenters. The van der Waals surface area contributed by atoms with Gasteiger partial charge in [0, 0.05) is 20.0 Å². The zero-order valence-electron chi connectivity index (χ0n) is 8.63. The van der Waals surface area contributed by atoms with Gasteiger partial charge in [-0.15, -0.1) is 5.10 Å². The fourth-order valence-electron chi connectivity index (χ4n) is 1.81. The van der Waals surface area contributed by atoms with E-state index in [0.717, 1.165) is 13.0 Å². The minimum atomic E-state index is -0.0941. The van der Waals surface area contributed by atoms with Crippen molar-refractivity contribution in [3.63, 3.8) is 0 Å². The van der Waals surface area contributed by atoms with Gasteiger partial charge in [-0.2, -0.15) is 0 Å². The van der Waals surface area contributed by atoms with E-state index in [1.165, 1.54) is 0 Å². The molecule has 1 N–H and O–H groups in total. The van der Waals surface area contributed by atoms with Gasteiger partial charge in [0.15, 0.2) is 0 Å². The van der Waals surface area contributed by atoms with E-state index in [-0.39, 0.29) is 18.6 Å². The topological polar surface area (TPSA) is 71.2 Å². The van der Waals surface area contributed by atoms with Crippen LogP contribution in [0.15, 0.2) is 6.20 Å². The van der Waals surface area contributed by atoms with Crippen molar-refractivity contribution in [3.05, 3.63) is 11.9 Å². The molecule has 0 aromatic carbocycles. The van der Waals surface area contributed by atoms with Gasteiger partial charge in [0.1, 0.15) is 5.69 Å². The Hall–Kier alpha value is -1.43. The van der Waals surface area contributed by atoms with Crippen molar-refractivity contribution in [2.24, 2.45) is 0 Å². The van der Waals surface area contributed by atoms with Crippen LogP contribution >= 0.6 is 0 Å². The number of aliphatic hydroxyl groups excluding tert-OH is 1. The third kappa shape index (κ3) is 1.99. The summed E-state index contributed by atoms with van der Waals surface area (Å²) in [5.41, 5.74) is 0.566. The normalized spacial score (nSPS) is 20.9. The SMILES string of the molecule is CC(=O)N1CC[C@@H](n2cc(CO)nn2)C1. The van der Waals surface area contributed by atoms with Gasteiger partial charge >= 0.3 is 0 Å². The second-order valence-corrected chi connectivity index (χ2v) is 3.76. The number of aromatic nitrogens is 3. The van der Waals surface area contributed by atoms with Crippen molar-refractivity contribution in [1.29, 1.82) is 0 Å². The van der Waals surface area contributed by atoms with Gasteiger partial charge < -0.3 is 10.0 Å². The largest absolute Gasteiger partial charge is 0.390 e. The molecule has 6 nitrogen and oxygen atoms in total. The molecule has 0 aliphatic carbocycles. The number of carbonyl (C=O) groups excluding carboxylic acids is 1. The zero-order chi connectivity index (χ0) is 10.8. The third-order valence-electron chi connectivity index (χ3n) is 2.70. The van der Waals surface area contributed by atoms with Crippen LogP contribution in [0.25, 0.3) is 0 Å². The molecule has 2 heterocycles. The molecule has 1 aliphatic heterocycles. The zero-order valence-corrected chi connectivity index (χ0v) is 8.63. The molecule has 6 heteroatoms. The van der Waals surface area contributed by atoms with Crippen LogP contribution in [0.2, 0.25) is 0 Å². The molecule has 0 spiro atoms. The van der Waals surface area contributed by atoms with Crippen LogP contribution in [0.3, 0.4) is 0 Å². The van der Waals surface area contributed by atoms with Gasteiger partial charge in [0.2, 0.25) is 5.91 Å². The molecule has 1 saturated heterocycles. The lowest BCUT2D eigenvalue weighted by Crippen LogP contribution is -2.26. The lowest BCUT2D eigenvalue weighted by molar-refractivity contribution is -0.127. The van der Waals surface area contributed by atoms with Gasteiger partial charge in [0.05, 0.1) is 18.8 Å². The van der Waals surface area contributed by atoms with Gasteiger partial charge in [0.25, 0.3) is 0 Å². The monoisotopic (exact) mass is 210 g/mol. The van der Waals surface area contributed by atoms with Crippen molar-refractivity contribution in [1.82, 2.24) is 19.9 Å². The number of amides is 1. The maximum Gasteiger partial charge on any atom is 0.219 e. The molecule has 1 atom stereocenters. The first-order chi connectivity index (χ1) is 7.20. The first kappa shape index (κ1) is 10.1. The minimum absolute atomic E-state index is 0.0941. The molecule has 82 valence electrons. The summed E-state index contributed by atoms with van der Waals surface area (Å²) in [6.07, 6.45) is 2.63. The van der Waals surface area contributed by atoms with Gasteiger partial charge in [-0.05, 0) is 6.42 Å². The number of aliphatic hydroxyl groups is 1. The van der Waals surface area contributed by atoms with Gasteiger partial charge in [-0.1, -0.05) is 5.21 Å². The van der Waals surface area contributed by atoms with Crippen LogP contribution in [0.4, 0.5) is 0 Å². The van der Waals surface area contributed by atoms with E-state index in [1.54, 1.807) is 22.7 Å². The third-order valence-corrected chi connectivity index (χ3v) is 2.70. The Balaban J connectivity index is 2.04. The average Bonchev–Trinajstić information content (AvgIpc) is 2.86. The standard InChI is InChI=1S/C9H14N4O2/c1-7(15)12-3-2-9(5-12)13-4-8(6-14)10-11-13/h4,9,14H,2-3,5-6H2,1H3/t9-/m1/s1. The van der Waals surface area contributed by atoms with Crippen LogP contribution in [0.1, 0.15) is 25.1 Å². The summed E-state index contributed by atoms with van der Waals surface area (Å²) in [5, 5.41) is 16.6. The van der Waals surface area contributed by atoms with Crippen LogP contribution in [-0.4, -0.2) is 44.0 Å². The lowest BCUT2D eigenvalue weighted by Gasteiger charge is -2.13. The maximum atomic E-state index is 11.1. The highest BCUT2D eigenvalue weighted by Crippen LogP contribution is 2.20. The predicted molar refractivity (Wildman–Crippen MR) is 51.9 cm³/mol. The van der Waals surface area contributed by atoms with Crippen LogP contribution in [-0.2, 0) is 11.4 Å². The van der Waals surface area contributed by atoms with E-state index in [4.69, 9.17) is 5.11 Å². The molecule has 1 aromatic rings. The van der Waals surface area contributed by atoms with Crippen LogP contribution in [0.5, 0.6) is 0 Å². The Kier molecular flexibility index (Phi) is 2.68. The number of hydrogen-bond donors (Lipinski definition) is 1. The van der Waals surface area contributed by atoms with Crippen molar-refractivity contribution < 1.29 is 9.90 Å². The number of nitrogens with zero attached hydrogens (tertiary/aromatic N) is 4. The highest BCUT2D eigenvalue weighted by Gasteiger charge is 2.26. The Morgan fingerprint density at radius 1 is 1.73 bits per heavy atom. The van der Waals surface area contributed by atoms with Crippen molar-refractivity contribution in [2.45, 2.75) is 26.0 Å². The summed E-state index contributed by atoms with van der Waals surface area (Å²) >= 11 is 0. The molecule has 1 aromatic heterocycles. The molecular formula is C9H14N4O2. The lowest BCUT2D eigenvalue weighted by atomic mass is 10.3. The molecule has 0 radical (unpaired) electrons. The molecule has 1 aliphatic rings. The fraction of sp³-hybridized carbons (Fsp3) is 0.667. The van der Waals surface area contributed by atoms with E-state index < -0.39 is 0 Å². The highest BCUT2D eigenvalue weighted by atomic mass is 16.3. The Labute approximate surface area is 87.5 Å². The van der Waals surface area contributed by atoms with E-state index in [1.807, 2.05) is 0 Å². The molecule has 0 bridgehead atoms. The smallest absolute Gasteiger partial charge is 0.219 e. The summed E-state index contributed by atoms with van der Waals surface area (Å²) in [6.45, 7) is 2.93. The Morgan fingerprint density at radius 2 is 2.53 bits per heavy atom. The fourth-order valence-corrected chi connectivity index (χ4v) is 1.81. The molecular weight excluding hydrogens is 196 g/mol. The van der Waals surface area contributed by atoms with Crippen molar-refractivity contribution in [3.8, 4) is 0 Å². The summed E-state index contributed by atoms with van der Waals surface area (Å²) in [6, 6.07) is 0.196. The Bertz CT molecular complexity index is 363. The van der Waals surface area contributed by atoms with Gasteiger partial charge in [-0.25, -0.2) is 4.68 Å².